The van der Waals surface area contributed by atoms with Crippen molar-refractivity contribution in [1.29, 1.82) is 0 Å². The quantitative estimate of drug-likeness (QED) is 0.734. The third-order valence-corrected chi connectivity index (χ3v) is 3.35. The highest BCUT2D eigenvalue weighted by molar-refractivity contribution is 5.10. The second-order valence-corrected chi connectivity index (χ2v) is 5.98. The fourth-order valence-corrected chi connectivity index (χ4v) is 2.40. The topological polar surface area (TPSA) is 48.4 Å². The minimum atomic E-state index is -0.697. The van der Waals surface area contributed by atoms with E-state index in [1.807, 2.05) is 20.8 Å². The molecule has 120 valence electrons. The maximum Gasteiger partial charge on any atom is 0.141 e. The number of halogens is 1. The Kier molecular flexibility index (Phi) is 7.22. The zero-order valence-electron chi connectivity index (χ0n) is 13.6. The number of aliphatic hydroxyl groups is 1. The number of aromatic nitrogens is 1. The van der Waals surface area contributed by atoms with E-state index in [1.165, 1.54) is 12.3 Å². The molecule has 5 heteroatoms. The van der Waals surface area contributed by atoms with Gasteiger partial charge in [0.2, 0.25) is 0 Å². The lowest BCUT2D eigenvalue weighted by molar-refractivity contribution is 0.0366. The van der Waals surface area contributed by atoms with Crippen molar-refractivity contribution in [3.05, 3.63) is 29.8 Å². The SMILES string of the molecule is CCNC(CCN(CC)CC(C)(C)O)c1ccc(F)cn1. The molecule has 21 heavy (non-hydrogen) atoms. The maximum absolute atomic E-state index is 13.0. The van der Waals surface area contributed by atoms with E-state index < -0.39 is 5.60 Å². The molecule has 0 aliphatic rings. The van der Waals surface area contributed by atoms with Crippen LogP contribution in [0.15, 0.2) is 18.3 Å². The van der Waals surface area contributed by atoms with Crippen molar-refractivity contribution in [2.75, 3.05) is 26.2 Å². The first-order valence-electron chi connectivity index (χ1n) is 7.65. The number of hydrogen-bond donors (Lipinski definition) is 2. The van der Waals surface area contributed by atoms with Gasteiger partial charge in [-0.1, -0.05) is 13.8 Å². The van der Waals surface area contributed by atoms with Gasteiger partial charge in [0.15, 0.2) is 0 Å². The van der Waals surface area contributed by atoms with Gasteiger partial charge in [-0.05, 0) is 45.5 Å². The van der Waals surface area contributed by atoms with Crippen LogP contribution in [0.3, 0.4) is 0 Å². The summed E-state index contributed by atoms with van der Waals surface area (Å²) in [5, 5.41) is 13.3. The smallest absolute Gasteiger partial charge is 0.141 e. The lowest BCUT2D eigenvalue weighted by Gasteiger charge is -2.29. The first-order chi connectivity index (χ1) is 9.85. The van der Waals surface area contributed by atoms with Crippen molar-refractivity contribution in [2.24, 2.45) is 0 Å². The van der Waals surface area contributed by atoms with Crippen molar-refractivity contribution in [1.82, 2.24) is 15.2 Å². The van der Waals surface area contributed by atoms with Gasteiger partial charge in [-0.3, -0.25) is 4.98 Å². The molecule has 0 bridgehead atoms. The zero-order valence-corrected chi connectivity index (χ0v) is 13.6. The average molecular weight is 297 g/mol. The van der Waals surface area contributed by atoms with E-state index in [9.17, 15) is 9.50 Å². The van der Waals surface area contributed by atoms with Gasteiger partial charge in [-0.25, -0.2) is 4.39 Å². The standard InChI is InChI=1S/C16H28FN3O/c1-5-18-15(14-8-7-13(17)11-19-14)9-10-20(6-2)12-16(3,4)21/h7-8,11,15,18,21H,5-6,9-10,12H2,1-4H3. The lowest BCUT2D eigenvalue weighted by atomic mass is 10.1. The Labute approximate surface area is 127 Å². The Hall–Kier alpha value is -1.04. The van der Waals surface area contributed by atoms with Gasteiger partial charge in [0.05, 0.1) is 23.5 Å². The second-order valence-electron chi connectivity index (χ2n) is 5.98. The maximum atomic E-state index is 13.0. The monoisotopic (exact) mass is 297 g/mol. The van der Waals surface area contributed by atoms with Crippen LogP contribution in [0.1, 0.15) is 45.9 Å². The number of nitrogens with zero attached hydrogens (tertiary/aromatic N) is 2. The summed E-state index contributed by atoms with van der Waals surface area (Å²) in [6.45, 7) is 11.0. The number of rotatable bonds is 9. The largest absolute Gasteiger partial charge is 0.389 e. The van der Waals surface area contributed by atoms with Crippen LogP contribution in [0, 0.1) is 5.82 Å². The van der Waals surface area contributed by atoms with Gasteiger partial charge in [0.1, 0.15) is 5.82 Å². The number of nitrogens with one attached hydrogen (secondary N) is 1. The predicted molar refractivity (Wildman–Crippen MR) is 83.6 cm³/mol. The fraction of sp³-hybridized carbons (Fsp3) is 0.688. The summed E-state index contributed by atoms with van der Waals surface area (Å²) < 4.78 is 13.0. The summed E-state index contributed by atoms with van der Waals surface area (Å²) in [5.74, 6) is -0.314. The van der Waals surface area contributed by atoms with Crippen LogP contribution in [0.2, 0.25) is 0 Å². The molecule has 0 saturated heterocycles. The molecule has 0 aliphatic heterocycles. The zero-order chi connectivity index (χ0) is 15.9. The van der Waals surface area contributed by atoms with Crippen LogP contribution >= 0.6 is 0 Å². The van der Waals surface area contributed by atoms with E-state index >= 15 is 0 Å². The average Bonchev–Trinajstić information content (AvgIpc) is 2.41. The van der Waals surface area contributed by atoms with Gasteiger partial charge in [0, 0.05) is 13.1 Å². The van der Waals surface area contributed by atoms with Gasteiger partial charge >= 0.3 is 0 Å². The van der Waals surface area contributed by atoms with Gasteiger partial charge in [-0.2, -0.15) is 0 Å². The van der Waals surface area contributed by atoms with Crippen LogP contribution in [0.4, 0.5) is 4.39 Å². The van der Waals surface area contributed by atoms with Crippen molar-refractivity contribution in [2.45, 2.75) is 45.8 Å². The third kappa shape index (κ3) is 6.98. The van der Waals surface area contributed by atoms with Gasteiger partial charge in [-0.15, -0.1) is 0 Å². The van der Waals surface area contributed by atoms with E-state index in [2.05, 4.69) is 22.1 Å². The molecular weight excluding hydrogens is 269 g/mol. The molecule has 0 amide bonds. The van der Waals surface area contributed by atoms with Gasteiger partial charge in [0.25, 0.3) is 0 Å². The van der Waals surface area contributed by atoms with Crippen LogP contribution in [0.25, 0.3) is 0 Å². The Balaban J connectivity index is 2.63. The van der Waals surface area contributed by atoms with E-state index in [-0.39, 0.29) is 11.9 Å². The molecule has 1 heterocycles. The number of hydrogen-bond acceptors (Lipinski definition) is 4. The molecule has 1 aromatic rings. The molecule has 0 saturated carbocycles. The Morgan fingerprint density at radius 3 is 2.57 bits per heavy atom. The van der Waals surface area contributed by atoms with Crippen LogP contribution in [-0.4, -0.2) is 46.8 Å². The molecule has 0 aromatic carbocycles. The summed E-state index contributed by atoms with van der Waals surface area (Å²) in [6, 6.07) is 3.28. The van der Waals surface area contributed by atoms with Crippen molar-refractivity contribution in [3.63, 3.8) is 0 Å². The molecule has 4 nitrogen and oxygen atoms in total. The second kappa shape index (κ2) is 8.41. The molecule has 1 rings (SSSR count). The summed E-state index contributed by atoms with van der Waals surface area (Å²) in [7, 11) is 0. The first kappa shape index (κ1) is 18.0. The summed E-state index contributed by atoms with van der Waals surface area (Å²) >= 11 is 0. The van der Waals surface area contributed by atoms with Crippen LogP contribution < -0.4 is 5.32 Å². The van der Waals surface area contributed by atoms with E-state index in [1.54, 1.807) is 6.07 Å². The molecule has 2 N–H and O–H groups in total. The van der Waals surface area contributed by atoms with Crippen LogP contribution in [-0.2, 0) is 0 Å². The van der Waals surface area contributed by atoms with Crippen molar-refractivity contribution in [3.8, 4) is 0 Å². The Morgan fingerprint density at radius 2 is 2.10 bits per heavy atom. The van der Waals surface area contributed by atoms with Crippen LogP contribution in [0.5, 0.6) is 0 Å². The van der Waals surface area contributed by atoms with E-state index in [0.29, 0.717) is 6.54 Å². The molecule has 0 fully saturated rings. The molecule has 0 spiro atoms. The molecule has 1 aromatic heterocycles. The third-order valence-electron chi connectivity index (χ3n) is 3.35. The summed E-state index contributed by atoms with van der Waals surface area (Å²) in [6.07, 6.45) is 2.13. The normalized spacial score (nSPS) is 13.7. The minimum Gasteiger partial charge on any atom is -0.389 e. The highest BCUT2D eigenvalue weighted by atomic mass is 19.1. The lowest BCUT2D eigenvalue weighted by Crippen LogP contribution is -2.40. The molecular formula is C16H28FN3O. The molecule has 1 atom stereocenters. The fourth-order valence-electron chi connectivity index (χ4n) is 2.40. The van der Waals surface area contributed by atoms with Crippen molar-refractivity contribution >= 4 is 0 Å². The molecule has 1 unspecified atom stereocenters. The van der Waals surface area contributed by atoms with Gasteiger partial charge < -0.3 is 15.3 Å². The number of pyridine rings is 1. The van der Waals surface area contributed by atoms with E-state index in [4.69, 9.17) is 0 Å². The summed E-state index contributed by atoms with van der Waals surface area (Å²) in [5.41, 5.74) is 0.162. The minimum absolute atomic E-state index is 0.103. The highest BCUT2D eigenvalue weighted by Gasteiger charge is 2.19. The number of likely N-dealkylation sites (N-methyl/N-ethyl adjacent to an activating group) is 1. The Bertz CT molecular complexity index is 403. The predicted octanol–water partition coefficient (Wildman–Crippen LogP) is 2.35. The Morgan fingerprint density at radius 1 is 1.38 bits per heavy atom. The van der Waals surface area contributed by atoms with Crippen molar-refractivity contribution < 1.29 is 9.50 Å². The molecule has 0 aliphatic carbocycles. The first-order valence-corrected chi connectivity index (χ1v) is 7.65. The highest BCUT2D eigenvalue weighted by Crippen LogP contribution is 2.16. The molecule has 0 radical (unpaired) electrons. The van der Waals surface area contributed by atoms with E-state index in [0.717, 1.165) is 31.7 Å². The summed E-state index contributed by atoms with van der Waals surface area (Å²) in [4.78, 5) is 6.39.